The Hall–Kier alpha value is -4.28. The van der Waals surface area contributed by atoms with Gasteiger partial charge in [-0.05, 0) is 30.5 Å². The van der Waals surface area contributed by atoms with Crippen LogP contribution in [-0.4, -0.2) is 67.0 Å². The largest absolute Gasteiger partial charge is 0.497 e. The van der Waals surface area contributed by atoms with Crippen LogP contribution >= 0.6 is 0 Å². The number of methoxy groups -OCH3 is 1. The quantitative estimate of drug-likeness (QED) is 0.358. The molecule has 0 unspecified atom stereocenters. The number of imidazole rings is 1. The Labute approximate surface area is 202 Å². The van der Waals surface area contributed by atoms with Gasteiger partial charge in [0.15, 0.2) is 22.8 Å². The zero-order valence-electron chi connectivity index (χ0n) is 19.5. The molecule has 11 nitrogen and oxygen atoms in total. The van der Waals surface area contributed by atoms with Crippen molar-refractivity contribution in [2.45, 2.75) is 25.8 Å². The Kier molecular flexibility index (Phi) is 6.64. The second-order valence-corrected chi connectivity index (χ2v) is 8.23. The van der Waals surface area contributed by atoms with Gasteiger partial charge in [0.2, 0.25) is 11.9 Å². The molecule has 11 heteroatoms. The summed E-state index contributed by atoms with van der Waals surface area (Å²) in [5, 5.41) is 6.53. The van der Waals surface area contributed by atoms with Crippen molar-refractivity contribution in [3.63, 3.8) is 0 Å². The van der Waals surface area contributed by atoms with E-state index in [0.29, 0.717) is 54.8 Å². The topological polar surface area (TPSA) is 123 Å². The number of fused-ring (bicyclic) bond motifs is 1. The van der Waals surface area contributed by atoms with Gasteiger partial charge >= 0.3 is 0 Å². The first-order valence-corrected chi connectivity index (χ1v) is 11.6. The average molecular weight is 474 g/mol. The molecule has 0 atom stereocenters. The number of aromatic nitrogens is 6. The van der Waals surface area contributed by atoms with Crippen molar-refractivity contribution in [2.24, 2.45) is 0 Å². The summed E-state index contributed by atoms with van der Waals surface area (Å²) in [7, 11) is 1.66. The van der Waals surface area contributed by atoms with E-state index in [1.54, 1.807) is 32.0 Å². The molecule has 2 N–H and O–H groups in total. The summed E-state index contributed by atoms with van der Waals surface area (Å²) in [6, 6.07) is 8.00. The van der Waals surface area contributed by atoms with E-state index in [0.717, 1.165) is 25.1 Å². The number of nitrogens with zero attached hydrogens (tertiary/aromatic N) is 7. The van der Waals surface area contributed by atoms with E-state index in [2.05, 4.69) is 30.6 Å². The summed E-state index contributed by atoms with van der Waals surface area (Å²) in [5.41, 5.74) is 2.55. The number of hydrogen-bond acceptors (Lipinski definition) is 9. The molecule has 0 saturated carbocycles. The first-order chi connectivity index (χ1) is 17.2. The number of amides is 1. The number of ether oxygens (including phenoxy) is 1. The van der Waals surface area contributed by atoms with Gasteiger partial charge in [-0.15, -0.1) is 0 Å². The lowest BCUT2D eigenvalue weighted by Crippen LogP contribution is -2.28. The summed E-state index contributed by atoms with van der Waals surface area (Å²) in [5.74, 6) is 2.61. The highest BCUT2D eigenvalue weighted by Crippen LogP contribution is 2.23. The molecule has 1 amide bonds. The molecular formula is C24H27N9O2. The summed E-state index contributed by atoms with van der Waals surface area (Å²) in [6.07, 6.45) is 8.92. The van der Waals surface area contributed by atoms with E-state index < -0.39 is 0 Å². The minimum Gasteiger partial charge on any atom is -0.497 e. The number of carbonyl (C=O) groups excluding carboxylic acids is 1. The highest BCUT2D eigenvalue weighted by Gasteiger charge is 2.20. The number of benzene rings is 1. The highest BCUT2D eigenvalue weighted by molar-refractivity contribution is 5.84. The second-order valence-electron chi connectivity index (χ2n) is 8.23. The van der Waals surface area contributed by atoms with Crippen molar-refractivity contribution in [1.82, 2.24) is 34.4 Å². The SMILES string of the molecule is COc1ccc(CCNc2nc(Nc3cnccn3)nc3c2ncn3CCN2CCCC2=O)cc1. The van der Waals surface area contributed by atoms with E-state index >= 15 is 0 Å². The van der Waals surface area contributed by atoms with Gasteiger partial charge in [-0.3, -0.25) is 9.78 Å². The minimum absolute atomic E-state index is 0.204. The lowest BCUT2D eigenvalue weighted by Gasteiger charge is -2.16. The number of rotatable bonds is 10. The summed E-state index contributed by atoms with van der Waals surface area (Å²) in [4.78, 5) is 36.2. The fourth-order valence-electron chi connectivity index (χ4n) is 4.05. The molecule has 1 aromatic carbocycles. The minimum atomic E-state index is 0.204. The maximum absolute atomic E-state index is 12.0. The molecule has 4 heterocycles. The second kappa shape index (κ2) is 10.3. The molecule has 1 saturated heterocycles. The van der Waals surface area contributed by atoms with Crippen LogP contribution in [-0.2, 0) is 17.8 Å². The fourth-order valence-corrected chi connectivity index (χ4v) is 4.05. The van der Waals surface area contributed by atoms with E-state index in [-0.39, 0.29) is 5.91 Å². The van der Waals surface area contributed by atoms with Crippen molar-refractivity contribution < 1.29 is 9.53 Å². The average Bonchev–Trinajstić information content (AvgIpc) is 3.49. The van der Waals surface area contributed by atoms with Gasteiger partial charge in [0.25, 0.3) is 0 Å². The van der Waals surface area contributed by atoms with Crippen LogP contribution in [0.2, 0.25) is 0 Å². The van der Waals surface area contributed by atoms with Crippen molar-refractivity contribution in [2.75, 3.05) is 37.4 Å². The number of nitrogens with one attached hydrogen (secondary N) is 2. The Morgan fingerprint density at radius 1 is 1.09 bits per heavy atom. The number of carbonyl (C=O) groups is 1. The molecule has 0 aliphatic carbocycles. The Bertz CT molecular complexity index is 1290. The number of hydrogen-bond donors (Lipinski definition) is 2. The van der Waals surface area contributed by atoms with Crippen LogP contribution in [0, 0.1) is 0 Å². The van der Waals surface area contributed by atoms with Crippen LogP contribution in [0.15, 0.2) is 49.2 Å². The Morgan fingerprint density at radius 3 is 2.71 bits per heavy atom. The standard InChI is InChI=1S/C24H27N9O2/c1-35-18-6-4-17(5-7-18)8-9-27-22-21-23(31-24(30-22)29-19-15-25-10-11-26-19)33(16-28-21)14-13-32-12-2-3-20(32)34/h4-7,10-11,15-16H,2-3,8-9,12-14H2,1H3,(H2,26,27,29,30,31). The van der Waals surface area contributed by atoms with Gasteiger partial charge in [-0.1, -0.05) is 12.1 Å². The van der Waals surface area contributed by atoms with Gasteiger partial charge in [-0.25, -0.2) is 9.97 Å². The van der Waals surface area contributed by atoms with Gasteiger partial charge in [0.1, 0.15) is 5.75 Å². The maximum atomic E-state index is 12.0. The molecule has 3 aromatic heterocycles. The monoisotopic (exact) mass is 473 g/mol. The highest BCUT2D eigenvalue weighted by atomic mass is 16.5. The smallest absolute Gasteiger partial charge is 0.232 e. The van der Waals surface area contributed by atoms with Gasteiger partial charge in [0, 0.05) is 45.0 Å². The Morgan fingerprint density at radius 2 is 1.97 bits per heavy atom. The zero-order chi connectivity index (χ0) is 24.0. The normalized spacial score (nSPS) is 13.4. The molecule has 4 aromatic rings. The predicted molar refractivity (Wildman–Crippen MR) is 132 cm³/mol. The predicted octanol–water partition coefficient (Wildman–Crippen LogP) is 2.65. The molecule has 35 heavy (non-hydrogen) atoms. The van der Waals surface area contributed by atoms with Gasteiger partial charge in [0.05, 0.1) is 19.6 Å². The first-order valence-electron chi connectivity index (χ1n) is 11.6. The summed E-state index contributed by atoms with van der Waals surface area (Å²) < 4.78 is 7.19. The summed E-state index contributed by atoms with van der Waals surface area (Å²) >= 11 is 0. The summed E-state index contributed by atoms with van der Waals surface area (Å²) in [6.45, 7) is 2.70. The van der Waals surface area contributed by atoms with Crippen LogP contribution in [0.5, 0.6) is 5.75 Å². The molecule has 0 spiro atoms. The number of likely N-dealkylation sites (tertiary alicyclic amines) is 1. The molecule has 180 valence electrons. The fraction of sp³-hybridized carbons (Fsp3) is 0.333. The third kappa shape index (κ3) is 5.29. The van der Waals surface area contributed by atoms with E-state index in [4.69, 9.17) is 9.72 Å². The third-order valence-electron chi connectivity index (χ3n) is 5.91. The van der Waals surface area contributed by atoms with E-state index in [1.807, 2.05) is 33.7 Å². The zero-order valence-corrected chi connectivity index (χ0v) is 19.5. The molecular weight excluding hydrogens is 446 g/mol. The van der Waals surface area contributed by atoms with Crippen molar-refractivity contribution in [3.05, 3.63) is 54.7 Å². The molecule has 1 aliphatic rings. The lowest BCUT2D eigenvalue weighted by molar-refractivity contribution is -0.127. The first kappa shape index (κ1) is 22.5. The van der Waals surface area contributed by atoms with Crippen LogP contribution in [0.25, 0.3) is 11.2 Å². The van der Waals surface area contributed by atoms with Crippen LogP contribution in [0.4, 0.5) is 17.6 Å². The molecule has 0 bridgehead atoms. The molecule has 1 fully saturated rings. The number of anilines is 3. The van der Waals surface area contributed by atoms with Crippen molar-refractivity contribution in [1.29, 1.82) is 0 Å². The molecule has 0 radical (unpaired) electrons. The Balaban J connectivity index is 1.37. The van der Waals surface area contributed by atoms with Crippen LogP contribution < -0.4 is 15.4 Å². The van der Waals surface area contributed by atoms with E-state index in [9.17, 15) is 4.79 Å². The van der Waals surface area contributed by atoms with Gasteiger partial charge in [-0.2, -0.15) is 9.97 Å². The van der Waals surface area contributed by atoms with Crippen LogP contribution in [0.3, 0.4) is 0 Å². The maximum Gasteiger partial charge on any atom is 0.232 e. The van der Waals surface area contributed by atoms with Crippen LogP contribution in [0.1, 0.15) is 18.4 Å². The van der Waals surface area contributed by atoms with Gasteiger partial charge < -0.3 is 24.8 Å². The lowest BCUT2D eigenvalue weighted by atomic mass is 10.1. The molecule has 1 aliphatic heterocycles. The molecule has 5 rings (SSSR count). The third-order valence-corrected chi connectivity index (χ3v) is 5.91. The van der Waals surface area contributed by atoms with E-state index in [1.165, 1.54) is 5.56 Å². The van der Waals surface area contributed by atoms with Crippen molar-refractivity contribution in [3.8, 4) is 5.75 Å². The van der Waals surface area contributed by atoms with Crippen molar-refractivity contribution >= 4 is 34.7 Å².